The van der Waals surface area contributed by atoms with Crippen molar-refractivity contribution in [3.63, 3.8) is 0 Å². The van der Waals surface area contributed by atoms with Gasteiger partial charge in [0.2, 0.25) is 5.91 Å². The summed E-state index contributed by atoms with van der Waals surface area (Å²) in [7, 11) is 1.64. The van der Waals surface area contributed by atoms with Crippen molar-refractivity contribution in [2.75, 3.05) is 33.2 Å². The van der Waals surface area contributed by atoms with Gasteiger partial charge in [-0.2, -0.15) is 5.10 Å². The molecule has 0 spiro atoms. The summed E-state index contributed by atoms with van der Waals surface area (Å²) >= 11 is 0. The Morgan fingerprint density at radius 2 is 1.94 bits per heavy atom. The van der Waals surface area contributed by atoms with E-state index in [9.17, 15) is 14.4 Å². The Bertz CT molecular complexity index is 812. The van der Waals surface area contributed by atoms with Gasteiger partial charge in [0.15, 0.2) is 5.69 Å². The fraction of sp³-hybridized carbons (Fsp3) is 0.727. The molecule has 31 heavy (non-hydrogen) atoms. The number of carbonyl (C=O) groups is 3. The molecule has 1 unspecified atom stereocenters. The average molecular weight is 433 g/mol. The van der Waals surface area contributed by atoms with Crippen molar-refractivity contribution in [1.82, 2.24) is 30.2 Å². The van der Waals surface area contributed by atoms with Crippen LogP contribution in [0.1, 0.15) is 73.9 Å². The second-order valence-corrected chi connectivity index (χ2v) is 8.80. The van der Waals surface area contributed by atoms with Gasteiger partial charge in [-0.1, -0.05) is 26.7 Å². The monoisotopic (exact) mass is 432 g/mol. The van der Waals surface area contributed by atoms with Crippen LogP contribution in [-0.2, 0) is 11.3 Å². The number of fused-ring (bicyclic) bond motifs is 1. The summed E-state index contributed by atoms with van der Waals surface area (Å²) in [6.45, 7) is 9.66. The largest absolute Gasteiger partial charge is 0.351 e. The molecule has 2 heterocycles. The van der Waals surface area contributed by atoms with E-state index in [0.29, 0.717) is 12.2 Å². The molecule has 1 aliphatic carbocycles. The molecule has 0 bridgehead atoms. The molecule has 1 aromatic heterocycles. The van der Waals surface area contributed by atoms with Gasteiger partial charge < -0.3 is 20.4 Å². The van der Waals surface area contributed by atoms with Gasteiger partial charge in [0, 0.05) is 25.7 Å². The van der Waals surface area contributed by atoms with Crippen LogP contribution in [0.15, 0.2) is 6.07 Å². The molecule has 3 rings (SSSR count). The number of amides is 3. The number of carbonyl (C=O) groups excluding carboxylic acids is 3. The Labute approximate surface area is 184 Å². The minimum absolute atomic E-state index is 0.168. The quantitative estimate of drug-likeness (QED) is 0.572. The highest BCUT2D eigenvalue weighted by molar-refractivity contribution is 6.01. The second kappa shape index (κ2) is 9.80. The summed E-state index contributed by atoms with van der Waals surface area (Å²) in [5, 5.41) is 10.3. The lowest BCUT2D eigenvalue weighted by molar-refractivity contribution is -0.133. The highest BCUT2D eigenvalue weighted by atomic mass is 16.2. The highest BCUT2D eigenvalue weighted by Gasteiger charge is 2.46. The molecule has 2 aliphatic rings. The fourth-order valence-electron chi connectivity index (χ4n) is 4.38. The fourth-order valence-corrected chi connectivity index (χ4v) is 4.38. The maximum absolute atomic E-state index is 13.0. The lowest BCUT2D eigenvalue weighted by Crippen LogP contribution is -2.63. The molecule has 9 nitrogen and oxygen atoms in total. The number of aromatic nitrogens is 2. The molecule has 1 atom stereocenters. The predicted octanol–water partition coefficient (Wildman–Crippen LogP) is 1.25. The van der Waals surface area contributed by atoms with E-state index in [4.69, 9.17) is 0 Å². The van der Waals surface area contributed by atoms with Gasteiger partial charge in [-0.05, 0) is 45.8 Å². The number of nitrogens with one attached hydrogen (secondary N) is 2. The van der Waals surface area contributed by atoms with Crippen molar-refractivity contribution in [3.05, 3.63) is 17.5 Å². The van der Waals surface area contributed by atoms with Crippen molar-refractivity contribution in [2.45, 2.75) is 71.0 Å². The lowest BCUT2D eigenvalue weighted by atomic mass is 9.95. The standard InChI is InChI=1S/C22H36N6O3/c1-5-27(6-2)13-9-12-23-19(29)17-14-18-20(30)26(4)22(3,15-28(18)25-17)21(31)24-16-10-7-8-11-16/h14,16H,5-13,15H2,1-4H3,(H,23,29)(H,24,31). The van der Waals surface area contributed by atoms with Crippen LogP contribution in [0.5, 0.6) is 0 Å². The van der Waals surface area contributed by atoms with Crippen LogP contribution in [0.4, 0.5) is 0 Å². The molecule has 0 radical (unpaired) electrons. The molecule has 1 saturated carbocycles. The topological polar surface area (TPSA) is 99.6 Å². The van der Waals surface area contributed by atoms with Gasteiger partial charge in [0.1, 0.15) is 11.2 Å². The minimum Gasteiger partial charge on any atom is -0.351 e. The maximum atomic E-state index is 13.0. The highest BCUT2D eigenvalue weighted by Crippen LogP contribution is 2.27. The van der Waals surface area contributed by atoms with Crippen LogP contribution in [-0.4, -0.2) is 82.1 Å². The third-order valence-electron chi connectivity index (χ3n) is 6.74. The van der Waals surface area contributed by atoms with Crippen LogP contribution in [0.25, 0.3) is 0 Å². The molecular formula is C22H36N6O3. The Morgan fingerprint density at radius 1 is 1.26 bits per heavy atom. The van der Waals surface area contributed by atoms with Crippen molar-refractivity contribution >= 4 is 17.7 Å². The molecule has 1 aliphatic heterocycles. The van der Waals surface area contributed by atoms with Crippen LogP contribution >= 0.6 is 0 Å². The molecular weight excluding hydrogens is 396 g/mol. The molecule has 3 amide bonds. The normalized spacial score (nSPS) is 21.5. The summed E-state index contributed by atoms with van der Waals surface area (Å²) in [6.07, 6.45) is 5.04. The Morgan fingerprint density at radius 3 is 2.58 bits per heavy atom. The van der Waals surface area contributed by atoms with E-state index in [2.05, 4.69) is 34.5 Å². The van der Waals surface area contributed by atoms with Gasteiger partial charge >= 0.3 is 0 Å². The molecule has 9 heteroatoms. The zero-order valence-electron chi connectivity index (χ0n) is 19.2. The zero-order valence-corrected chi connectivity index (χ0v) is 19.2. The number of likely N-dealkylation sites (N-methyl/N-ethyl adjacent to an activating group) is 1. The zero-order chi connectivity index (χ0) is 22.6. The van der Waals surface area contributed by atoms with Gasteiger partial charge in [-0.3, -0.25) is 19.1 Å². The molecule has 0 saturated heterocycles. The average Bonchev–Trinajstić information content (AvgIpc) is 3.42. The van der Waals surface area contributed by atoms with E-state index in [1.807, 2.05) is 0 Å². The summed E-state index contributed by atoms with van der Waals surface area (Å²) in [4.78, 5) is 42.3. The third kappa shape index (κ3) is 4.92. The first kappa shape index (κ1) is 23.2. The number of hydrogen-bond acceptors (Lipinski definition) is 5. The van der Waals surface area contributed by atoms with Crippen LogP contribution < -0.4 is 10.6 Å². The first-order valence-corrected chi connectivity index (χ1v) is 11.5. The first-order chi connectivity index (χ1) is 14.8. The van der Waals surface area contributed by atoms with Crippen molar-refractivity contribution in [1.29, 1.82) is 0 Å². The summed E-state index contributed by atoms with van der Waals surface area (Å²) < 4.78 is 1.50. The molecule has 2 N–H and O–H groups in total. The molecule has 1 aromatic rings. The van der Waals surface area contributed by atoms with Crippen molar-refractivity contribution < 1.29 is 14.4 Å². The SMILES string of the molecule is CCN(CC)CCCNC(=O)c1cc2n(n1)CC(C)(C(=O)NC1CCCC1)N(C)C2=O. The molecule has 0 aromatic carbocycles. The van der Waals surface area contributed by atoms with Gasteiger partial charge in [0.05, 0.1) is 6.54 Å². The molecule has 172 valence electrons. The van der Waals surface area contributed by atoms with E-state index in [1.165, 1.54) is 15.6 Å². The van der Waals surface area contributed by atoms with Crippen LogP contribution in [0.3, 0.4) is 0 Å². The molecule has 1 fully saturated rings. The van der Waals surface area contributed by atoms with Crippen molar-refractivity contribution in [2.24, 2.45) is 0 Å². The summed E-state index contributed by atoms with van der Waals surface area (Å²) in [6, 6.07) is 1.69. The first-order valence-electron chi connectivity index (χ1n) is 11.5. The lowest BCUT2D eigenvalue weighted by Gasteiger charge is -2.41. The maximum Gasteiger partial charge on any atom is 0.272 e. The van der Waals surface area contributed by atoms with E-state index < -0.39 is 5.54 Å². The van der Waals surface area contributed by atoms with E-state index in [1.54, 1.807) is 14.0 Å². The summed E-state index contributed by atoms with van der Waals surface area (Å²) in [5.41, 5.74) is -0.502. The number of nitrogens with zero attached hydrogens (tertiary/aromatic N) is 4. The van der Waals surface area contributed by atoms with Gasteiger partial charge in [-0.15, -0.1) is 0 Å². The van der Waals surface area contributed by atoms with E-state index >= 15 is 0 Å². The van der Waals surface area contributed by atoms with Gasteiger partial charge in [0.25, 0.3) is 11.8 Å². The van der Waals surface area contributed by atoms with Crippen molar-refractivity contribution in [3.8, 4) is 0 Å². The Balaban J connectivity index is 1.65. The summed E-state index contributed by atoms with van der Waals surface area (Å²) in [5.74, 6) is -0.767. The van der Waals surface area contributed by atoms with Crippen LogP contribution in [0.2, 0.25) is 0 Å². The van der Waals surface area contributed by atoms with E-state index in [0.717, 1.165) is 51.7 Å². The third-order valence-corrected chi connectivity index (χ3v) is 6.74. The Hall–Kier alpha value is -2.42. The van der Waals surface area contributed by atoms with E-state index in [-0.39, 0.29) is 36.0 Å². The number of hydrogen-bond donors (Lipinski definition) is 2. The smallest absolute Gasteiger partial charge is 0.272 e. The van der Waals surface area contributed by atoms with Gasteiger partial charge in [-0.25, -0.2) is 0 Å². The minimum atomic E-state index is -1.05. The van der Waals surface area contributed by atoms with Crippen LogP contribution in [0, 0.1) is 0 Å². The Kier molecular flexibility index (Phi) is 7.35. The second-order valence-electron chi connectivity index (χ2n) is 8.80. The number of rotatable bonds is 9. The predicted molar refractivity (Wildman–Crippen MR) is 118 cm³/mol.